The highest BCUT2D eigenvalue weighted by molar-refractivity contribution is 5.63. The number of pyridine rings is 1. The SMILES string of the molecule is Nc1ncc(-c2cc([C@H]3[C@@H]4CC(N5CCCC5)C[C@@H]43)n(CC(F)F)n2)cc1C(F)(F)F. The van der Waals surface area contributed by atoms with Crippen LogP contribution in [0.15, 0.2) is 18.3 Å². The van der Waals surface area contributed by atoms with E-state index >= 15 is 0 Å². The highest BCUT2D eigenvalue weighted by Crippen LogP contribution is 2.64. The number of nitrogens with two attached hydrogens (primary N) is 1. The third kappa shape index (κ3) is 3.79. The molecule has 0 amide bonds. The van der Waals surface area contributed by atoms with E-state index in [0.717, 1.165) is 32.0 Å². The van der Waals surface area contributed by atoms with Gasteiger partial charge in [-0.3, -0.25) is 4.68 Å². The third-order valence-corrected chi connectivity index (χ3v) is 7.06. The standard InChI is InChI=1S/C21H24F5N5/c22-18(23)10-31-17(19-13-6-12(7-14(13)19)30-3-1-2-4-30)8-16(29-31)11-5-15(21(24,25)26)20(27)28-9-11/h5,8-9,12-14,18-19H,1-4,6-7,10H2,(H2,27,28)/t12?,13-,14+,19+. The minimum Gasteiger partial charge on any atom is -0.383 e. The maximum absolute atomic E-state index is 13.2. The van der Waals surface area contributed by atoms with Gasteiger partial charge in [0.1, 0.15) is 12.4 Å². The average Bonchev–Trinajstić information content (AvgIpc) is 3.18. The van der Waals surface area contributed by atoms with Crippen molar-refractivity contribution in [3.8, 4) is 11.3 Å². The third-order valence-electron chi connectivity index (χ3n) is 7.06. The number of likely N-dealkylation sites (tertiary alicyclic amines) is 1. The second kappa shape index (κ2) is 7.43. The molecule has 2 aromatic rings. The van der Waals surface area contributed by atoms with Crippen LogP contribution in [0.25, 0.3) is 11.3 Å². The maximum atomic E-state index is 13.2. The molecule has 1 unspecified atom stereocenters. The molecule has 3 aliphatic rings. The molecule has 10 heteroatoms. The van der Waals surface area contributed by atoms with Crippen molar-refractivity contribution in [3.05, 3.63) is 29.6 Å². The van der Waals surface area contributed by atoms with Gasteiger partial charge in [-0.1, -0.05) is 0 Å². The van der Waals surface area contributed by atoms with Crippen molar-refractivity contribution in [1.29, 1.82) is 0 Å². The topological polar surface area (TPSA) is 60.0 Å². The van der Waals surface area contributed by atoms with Gasteiger partial charge in [0.15, 0.2) is 0 Å². The number of rotatable bonds is 5. The van der Waals surface area contributed by atoms with E-state index in [1.54, 1.807) is 6.07 Å². The first kappa shape index (κ1) is 20.7. The molecule has 31 heavy (non-hydrogen) atoms. The molecule has 0 aromatic carbocycles. The van der Waals surface area contributed by atoms with Crippen LogP contribution in [-0.4, -0.2) is 45.2 Å². The zero-order valence-corrected chi connectivity index (χ0v) is 16.8. The highest BCUT2D eigenvalue weighted by atomic mass is 19.4. The van der Waals surface area contributed by atoms with Crippen LogP contribution in [0.4, 0.5) is 27.8 Å². The van der Waals surface area contributed by atoms with Crippen LogP contribution in [-0.2, 0) is 12.7 Å². The Morgan fingerprint density at radius 1 is 1.10 bits per heavy atom. The van der Waals surface area contributed by atoms with Gasteiger partial charge >= 0.3 is 6.18 Å². The fourth-order valence-corrected chi connectivity index (χ4v) is 5.62. The van der Waals surface area contributed by atoms with Gasteiger partial charge in [-0.05, 0) is 62.7 Å². The minimum absolute atomic E-state index is 0.122. The number of aromatic nitrogens is 3. The summed E-state index contributed by atoms with van der Waals surface area (Å²) in [5, 5.41) is 4.24. The highest BCUT2D eigenvalue weighted by Gasteiger charge is 2.58. The molecule has 3 heterocycles. The lowest BCUT2D eigenvalue weighted by molar-refractivity contribution is -0.137. The Kier molecular flexibility index (Phi) is 4.95. The van der Waals surface area contributed by atoms with Crippen molar-refractivity contribution in [1.82, 2.24) is 19.7 Å². The fourth-order valence-electron chi connectivity index (χ4n) is 5.62. The molecule has 0 radical (unpaired) electrons. The van der Waals surface area contributed by atoms with Gasteiger partial charge < -0.3 is 10.6 Å². The summed E-state index contributed by atoms with van der Waals surface area (Å²) in [6.45, 7) is 1.69. The van der Waals surface area contributed by atoms with E-state index in [1.165, 1.54) is 23.7 Å². The molecule has 2 aliphatic carbocycles. The number of alkyl halides is 5. The first-order valence-electron chi connectivity index (χ1n) is 10.7. The number of hydrogen-bond acceptors (Lipinski definition) is 4. The molecular weight excluding hydrogens is 417 g/mol. The van der Waals surface area contributed by atoms with Crippen LogP contribution in [0.3, 0.4) is 0 Å². The first-order valence-corrected chi connectivity index (χ1v) is 10.7. The van der Waals surface area contributed by atoms with Gasteiger partial charge in [0.2, 0.25) is 0 Å². The normalized spacial score (nSPS) is 28.5. The number of anilines is 1. The van der Waals surface area contributed by atoms with Crippen molar-refractivity contribution in [2.24, 2.45) is 11.8 Å². The molecule has 0 bridgehead atoms. The predicted molar refractivity (Wildman–Crippen MR) is 104 cm³/mol. The van der Waals surface area contributed by atoms with Gasteiger partial charge in [0.25, 0.3) is 6.43 Å². The van der Waals surface area contributed by atoms with E-state index in [9.17, 15) is 22.0 Å². The smallest absolute Gasteiger partial charge is 0.383 e. The maximum Gasteiger partial charge on any atom is 0.419 e. The molecule has 0 spiro atoms. The molecule has 2 aromatic heterocycles. The Morgan fingerprint density at radius 2 is 1.77 bits per heavy atom. The van der Waals surface area contributed by atoms with E-state index in [2.05, 4.69) is 15.0 Å². The summed E-state index contributed by atoms with van der Waals surface area (Å²) in [6, 6.07) is 3.11. The van der Waals surface area contributed by atoms with Crippen LogP contribution in [0.2, 0.25) is 0 Å². The van der Waals surface area contributed by atoms with E-state index in [1.807, 2.05) is 0 Å². The minimum atomic E-state index is -4.65. The largest absolute Gasteiger partial charge is 0.419 e. The lowest BCUT2D eigenvalue weighted by Gasteiger charge is -2.25. The fraction of sp³-hybridized carbons (Fsp3) is 0.619. The predicted octanol–water partition coefficient (Wildman–Crippen LogP) is 4.40. The van der Waals surface area contributed by atoms with Gasteiger partial charge in [0.05, 0.1) is 11.3 Å². The first-order chi connectivity index (χ1) is 14.7. The number of nitrogens with zero attached hydrogens (tertiary/aromatic N) is 4. The molecule has 4 atom stereocenters. The number of nitrogen functional groups attached to an aromatic ring is 1. The van der Waals surface area contributed by atoms with E-state index in [-0.39, 0.29) is 17.2 Å². The summed E-state index contributed by atoms with van der Waals surface area (Å²) in [5.74, 6) is 0.388. The molecule has 2 N–H and O–H groups in total. The second-order valence-corrected chi connectivity index (χ2v) is 8.90. The monoisotopic (exact) mass is 441 g/mol. The summed E-state index contributed by atoms with van der Waals surface area (Å²) in [5.41, 5.74) is 5.36. The van der Waals surface area contributed by atoms with Crippen LogP contribution >= 0.6 is 0 Å². The molecule has 168 valence electrons. The van der Waals surface area contributed by atoms with Crippen molar-refractivity contribution in [3.63, 3.8) is 0 Å². The number of hydrogen-bond donors (Lipinski definition) is 1. The van der Waals surface area contributed by atoms with Crippen molar-refractivity contribution >= 4 is 5.82 Å². The van der Waals surface area contributed by atoms with Gasteiger partial charge in [-0.2, -0.15) is 18.3 Å². The molecule has 2 saturated carbocycles. The molecule has 1 saturated heterocycles. The Balaban J connectivity index is 1.41. The zero-order valence-electron chi connectivity index (χ0n) is 16.8. The van der Waals surface area contributed by atoms with Crippen LogP contribution in [0.1, 0.15) is 42.9 Å². The molecule has 1 aliphatic heterocycles. The van der Waals surface area contributed by atoms with Gasteiger partial charge in [-0.15, -0.1) is 0 Å². The lowest BCUT2D eigenvalue weighted by Crippen LogP contribution is -2.31. The average molecular weight is 441 g/mol. The molecule has 3 fully saturated rings. The van der Waals surface area contributed by atoms with Gasteiger partial charge in [-0.25, -0.2) is 13.8 Å². The number of fused-ring (bicyclic) bond motifs is 1. The van der Waals surface area contributed by atoms with Crippen molar-refractivity contribution in [2.45, 2.75) is 56.8 Å². The van der Waals surface area contributed by atoms with E-state index in [0.29, 0.717) is 23.6 Å². The van der Waals surface area contributed by atoms with Crippen LogP contribution < -0.4 is 5.73 Å². The van der Waals surface area contributed by atoms with Crippen LogP contribution in [0, 0.1) is 11.8 Å². The van der Waals surface area contributed by atoms with Crippen molar-refractivity contribution < 1.29 is 22.0 Å². The Labute approximate surface area is 176 Å². The molecular formula is C21H24F5N5. The quantitative estimate of drug-likeness (QED) is 0.699. The molecule has 5 rings (SSSR count). The number of halogens is 5. The Morgan fingerprint density at radius 3 is 2.39 bits per heavy atom. The Hall–Kier alpha value is -2.23. The summed E-state index contributed by atoms with van der Waals surface area (Å²) in [6.07, 6.45) is -1.49. The lowest BCUT2D eigenvalue weighted by atomic mass is 10.0. The summed E-state index contributed by atoms with van der Waals surface area (Å²) >= 11 is 0. The summed E-state index contributed by atoms with van der Waals surface area (Å²) in [7, 11) is 0. The Bertz CT molecular complexity index is 954. The van der Waals surface area contributed by atoms with Crippen LogP contribution in [0.5, 0.6) is 0 Å². The van der Waals surface area contributed by atoms with Gasteiger partial charge in [0, 0.05) is 29.4 Å². The molecule has 5 nitrogen and oxygen atoms in total. The van der Waals surface area contributed by atoms with Crippen molar-refractivity contribution in [2.75, 3.05) is 18.8 Å². The summed E-state index contributed by atoms with van der Waals surface area (Å²) < 4.78 is 67.3. The van der Waals surface area contributed by atoms with E-state index in [4.69, 9.17) is 5.73 Å². The second-order valence-electron chi connectivity index (χ2n) is 8.90. The summed E-state index contributed by atoms with van der Waals surface area (Å²) in [4.78, 5) is 6.18. The van der Waals surface area contributed by atoms with E-state index < -0.39 is 30.5 Å². The zero-order chi connectivity index (χ0) is 21.9.